The Kier molecular flexibility index (Phi) is 9.20. The highest BCUT2D eigenvalue weighted by Crippen LogP contribution is 2.10. The van der Waals surface area contributed by atoms with Crippen LogP contribution in [0, 0.1) is 0 Å². The fourth-order valence-electron chi connectivity index (χ4n) is 2.03. The minimum Gasteiger partial charge on any atom is -0.497 e. The van der Waals surface area contributed by atoms with Crippen LogP contribution in [-0.2, 0) is 14.3 Å². The Morgan fingerprint density at radius 1 is 1.04 bits per heavy atom. The number of rotatable bonds is 10. The number of nitrogens with one attached hydrogen (secondary N) is 2. The predicted molar refractivity (Wildman–Crippen MR) is 92.5 cm³/mol. The van der Waals surface area contributed by atoms with Crippen LogP contribution >= 0.6 is 0 Å². The largest absolute Gasteiger partial charge is 0.497 e. The summed E-state index contributed by atoms with van der Waals surface area (Å²) < 4.78 is 9.90. The van der Waals surface area contributed by atoms with Gasteiger partial charge in [0, 0.05) is 25.8 Å². The highest BCUT2D eigenvalue weighted by atomic mass is 16.5. The fourth-order valence-corrected chi connectivity index (χ4v) is 2.03. The van der Waals surface area contributed by atoms with Gasteiger partial charge in [0.1, 0.15) is 5.75 Å². The van der Waals surface area contributed by atoms with Crippen molar-refractivity contribution >= 4 is 17.7 Å². The lowest BCUT2D eigenvalue weighted by molar-refractivity contribution is -0.124. The van der Waals surface area contributed by atoms with Crippen molar-refractivity contribution in [3.05, 3.63) is 29.8 Å². The lowest BCUT2D eigenvalue weighted by atomic mass is 10.2. The quantitative estimate of drug-likeness (QED) is 0.578. The maximum absolute atomic E-state index is 12.0. The summed E-state index contributed by atoms with van der Waals surface area (Å²) in [6.07, 6.45) is 0.725. The number of methoxy groups -OCH3 is 2. The first-order valence-electron chi connectivity index (χ1n) is 7.88. The van der Waals surface area contributed by atoms with Crippen LogP contribution in [0.1, 0.15) is 16.8 Å². The Hall–Kier alpha value is -2.45. The summed E-state index contributed by atoms with van der Waals surface area (Å²) in [5.41, 5.74) is 0.354. The van der Waals surface area contributed by atoms with Crippen molar-refractivity contribution in [2.24, 2.45) is 0 Å². The second-order valence-corrected chi connectivity index (χ2v) is 5.47. The third-order valence-electron chi connectivity index (χ3n) is 3.28. The molecule has 0 saturated carbocycles. The van der Waals surface area contributed by atoms with Crippen LogP contribution < -0.4 is 15.4 Å². The molecule has 0 atom stereocenters. The fraction of sp³-hybridized carbons (Fsp3) is 0.471. The van der Waals surface area contributed by atoms with Gasteiger partial charge >= 0.3 is 0 Å². The number of amides is 3. The average molecular weight is 351 g/mol. The summed E-state index contributed by atoms with van der Waals surface area (Å²) in [6, 6.07) is 6.41. The molecule has 8 heteroatoms. The van der Waals surface area contributed by atoms with Crippen molar-refractivity contribution in [3.63, 3.8) is 0 Å². The van der Waals surface area contributed by atoms with Gasteiger partial charge in [0.25, 0.3) is 5.91 Å². The highest BCUT2D eigenvalue weighted by Gasteiger charge is 2.14. The second kappa shape index (κ2) is 11.2. The molecule has 0 heterocycles. The van der Waals surface area contributed by atoms with Gasteiger partial charge in [-0.05, 0) is 37.7 Å². The third kappa shape index (κ3) is 8.27. The van der Waals surface area contributed by atoms with E-state index in [4.69, 9.17) is 9.47 Å². The Balaban J connectivity index is 2.34. The van der Waals surface area contributed by atoms with Gasteiger partial charge in [-0.1, -0.05) is 0 Å². The van der Waals surface area contributed by atoms with Gasteiger partial charge in [-0.3, -0.25) is 24.6 Å². The summed E-state index contributed by atoms with van der Waals surface area (Å²) in [5.74, 6) is -0.535. The standard InChI is InChI=1S/C17H25N3O5/c1-20(11-15(21)18-9-4-10-24-2)12-16(22)19-17(23)13-5-7-14(25-3)8-6-13/h5-8H,4,9-12H2,1-3H3,(H,18,21)(H,19,22,23). The maximum Gasteiger partial charge on any atom is 0.257 e. The summed E-state index contributed by atoms with van der Waals surface area (Å²) in [5, 5.41) is 5.02. The monoisotopic (exact) mass is 351 g/mol. The summed E-state index contributed by atoms with van der Waals surface area (Å²) in [6.45, 7) is 1.10. The molecule has 0 fully saturated rings. The van der Waals surface area contributed by atoms with E-state index in [1.54, 1.807) is 38.4 Å². The molecule has 0 radical (unpaired) electrons. The number of carbonyl (C=O) groups excluding carboxylic acids is 3. The number of ether oxygens (including phenoxy) is 2. The summed E-state index contributed by atoms with van der Waals surface area (Å²) in [7, 11) is 4.76. The van der Waals surface area contributed by atoms with Crippen molar-refractivity contribution < 1.29 is 23.9 Å². The first-order valence-corrected chi connectivity index (χ1v) is 7.88. The van der Waals surface area contributed by atoms with Crippen LogP contribution in [-0.4, -0.2) is 70.1 Å². The number of benzene rings is 1. The van der Waals surface area contributed by atoms with Crippen LogP contribution in [0.3, 0.4) is 0 Å². The lowest BCUT2D eigenvalue weighted by Gasteiger charge is -2.15. The van der Waals surface area contributed by atoms with E-state index in [2.05, 4.69) is 10.6 Å². The second-order valence-electron chi connectivity index (χ2n) is 5.47. The van der Waals surface area contributed by atoms with E-state index in [1.165, 1.54) is 12.0 Å². The SMILES string of the molecule is COCCCNC(=O)CN(C)CC(=O)NC(=O)c1ccc(OC)cc1. The normalized spacial score (nSPS) is 10.4. The molecule has 0 aliphatic heterocycles. The Bertz CT molecular complexity index is 574. The summed E-state index contributed by atoms with van der Waals surface area (Å²) >= 11 is 0. The molecule has 0 spiro atoms. The van der Waals surface area contributed by atoms with Crippen molar-refractivity contribution in [1.82, 2.24) is 15.5 Å². The molecule has 1 aromatic rings. The molecular formula is C17H25N3O5. The first kappa shape index (κ1) is 20.6. The van der Waals surface area contributed by atoms with Gasteiger partial charge in [-0.15, -0.1) is 0 Å². The number of hydrogen-bond donors (Lipinski definition) is 2. The first-order chi connectivity index (χ1) is 12.0. The van der Waals surface area contributed by atoms with E-state index in [0.717, 1.165) is 6.42 Å². The highest BCUT2D eigenvalue weighted by molar-refractivity contribution is 6.05. The maximum atomic E-state index is 12.0. The zero-order chi connectivity index (χ0) is 18.7. The molecule has 0 saturated heterocycles. The molecule has 2 N–H and O–H groups in total. The van der Waals surface area contributed by atoms with Gasteiger partial charge in [0.15, 0.2) is 0 Å². The Morgan fingerprint density at radius 3 is 2.28 bits per heavy atom. The van der Waals surface area contributed by atoms with Crippen molar-refractivity contribution in [1.29, 1.82) is 0 Å². The van der Waals surface area contributed by atoms with Crippen molar-refractivity contribution in [2.75, 3.05) is 47.5 Å². The Labute approximate surface area is 147 Å². The minimum absolute atomic E-state index is 0.0621. The van der Waals surface area contributed by atoms with Gasteiger partial charge in [-0.25, -0.2) is 0 Å². The number of imide groups is 1. The van der Waals surface area contributed by atoms with Crippen LogP contribution in [0.2, 0.25) is 0 Å². The predicted octanol–water partition coefficient (Wildman–Crippen LogP) is 0.0361. The van der Waals surface area contributed by atoms with Gasteiger partial charge < -0.3 is 14.8 Å². The van der Waals surface area contributed by atoms with Crippen LogP contribution in [0.15, 0.2) is 24.3 Å². The van der Waals surface area contributed by atoms with Gasteiger partial charge in [0.2, 0.25) is 11.8 Å². The van der Waals surface area contributed by atoms with Crippen molar-refractivity contribution in [3.8, 4) is 5.75 Å². The molecule has 1 aromatic carbocycles. The molecule has 25 heavy (non-hydrogen) atoms. The van der Waals surface area contributed by atoms with Gasteiger partial charge in [0.05, 0.1) is 20.2 Å². The molecule has 0 aliphatic carbocycles. The van der Waals surface area contributed by atoms with E-state index in [-0.39, 0.29) is 19.0 Å². The smallest absolute Gasteiger partial charge is 0.257 e. The van der Waals surface area contributed by atoms with Crippen LogP contribution in [0.4, 0.5) is 0 Å². The third-order valence-corrected chi connectivity index (χ3v) is 3.28. The number of nitrogens with zero attached hydrogens (tertiary/aromatic N) is 1. The van der Waals surface area contributed by atoms with Crippen molar-refractivity contribution in [2.45, 2.75) is 6.42 Å². The van der Waals surface area contributed by atoms with E-state index < -0.39 is 11.8 Å². The summed E-state index contributed by atoms with van der Waals surface area (Å²) in [4.78, 5) is 37.1. The number of likely N-dealkylation sites (N-methyl/N-ethyl adjacent to an activating group) is 1. The van der Waals surface area contributed by atoms with Crippen LogP contribution in [0.25, 0.3) is 0 Å². The van der Waals surface area contributed by atoms with E-state index in [1.807, 2.05) is 0 Å². The average Bonchev–Trinajstić information content (AvgIpc) is 2.58. The molecule has 0 aromatic heterocycles. The molecule has 1 rings (SSSR count). The van der Waals surface area contributed by atoms with E-state index in [0.29, 0.717) is 24.5 Å². The van der Waals surface area contributed by atoms with E-state index in [9.17, 15) is 14.4 Å². The molecule has 3 amide bonds. The zero-order valence-electron chi connectivity index (χ0n) is 14.8. The number of carbonyl (C=O) groups is 3. The Morgan fingerprint density at radius 2 is 1.68 bits per heavy atom. The van der Waals surface area contributed by atoms with Crippen LogP contribution in [0.5, 0.6) is 5.75 Å². The number of hydrogen-bond acceptors (Lipinski definition) is 6. The minimum atomic E-state index is -0.495. The zero-order valence-corrected chi connectivity index (χ0v) is 14.8. The van der Waals surface area contributed by atoms with Gasteiger partial charge in [-0.2, -0.15) is 0 Å². The molecule has 8 nitrogen and oxygen atoms in total. The van der Waals surface area contributed by atoms with E-state index >= 15 is 0 Å². The molecule has 0 bridgehead atoms. The molecule has 138 valence electrons. The molecule has 0 aliphatic rings. The molecule has 0 unspecified atom stereocenters. The molecular weight excluding hydrogens is 326 g/mol. The topological polar surface area (TPSA) is 97.0 Å². The lowest BCUT2D eigenvalue weighted by Crippen LogP contribution is -2.42.